The maximum absolute atomic E-state index is 15.2. The number of carbonyl (C=O) groups excluding carboxylic acids is 2. The predicted octanol–water partition coefficient (Wildman–Crippen LogP) is 2.73. The molecule has 3 aromatic rings. The molecule has 10 atom stereocenters. The molecule has 6 heterocycles. The largest absolute Gasteiger partial charge is 0.496 e. The van der Waals surface area contributed by atoms with Crippen molar-refractivity contribution in [3.8, 4) is 5.75 Å². The number of hydrogen-bond donors (Lipinski definition) is 5. The van der Waals surface area contributed by atoms with Gasteiger partial charge >= 0.3 is 5.97 Å². The molecule has 3 fully saturated rings. The topological polar surface area (TPSA) is 165 Å². The first-order valence-corrected chi connectivity index (χ1v) is 20.0. The van der Waals surface area contributed by atoms with Crippen molar-refractivity contribution in [2.45, 2.75) is 92.6 Å². The van der Waals surface area contributed by atoms with Gasteiger partial charge in [0.05, 0.1) is 25.9 Å². The molecule has 6 N–H and O–H groups in total. The number of nitrogens with zero attached hydrogens (tertiary/aromatic N) is 3. The molecule has 1 amide bonds. The lowest BCUT2D eigenvalue weighted by Gasteiger charge is -2.63. The average Bonchev–Trinajstić information content (AvgIpc) is 3.84. The van der Waals surface area contributed by atoms with Gasteiger partial charge in [-0.05, 0) is 74.2 Å². The molecule has 55 heavy (non-hydrogen) atoms. The zero-order valence-corrected chi connectivity index (χ0v) is 32.6. The number of aliphatic hydroxyl groups is 3. The van der Waals surface area contributed by atoms with Crippen LogP contribution < -0.4 is 15.4 Å². The number of primary amides is 1. The van der Waals surface area contributed by atoms with E-state index in [-0.39, 0.29) is 12.0 Å². The Balaban J connectivity index is 1.36. The molecule has 1 spiro atoms. The molecule has 1 aromatic heterocycles. The second-order valence-corrected chi connectivity index (χ2v) is 17.5. The molecule has 2 saturated heterocycles. The highest BCUT2D eigenvalue weighted by Gasteiger charge is 2.78. The van der Waals surface area contributed by atoms with Gasteiger partial charge in [0.25, 0.3) is 5.91 Å². The van der Waals surface area contributed by atoms with E-state index in [1.165, 1.54) is 7.11 Å². The Kier molecular flexibility index (Phi) is 8.19. The number of nitrogens with two attached hydrogens (primary N) is 1. The summed E-state index contributed by atoms with van der Waals surface area (Å²) in [4.78, 5) is 39.3. The SMILES string of the molecule is CC[C@]1(O)C[C@H]2CN(CCc3c([nH]c4ccccc34)[C@](C(=O)OC)(c3cc4c(cc3OC)N(C)[C@@H]3[C@](O)(C(N)=O)[C@H](O)[C@]5(CC)C=CCN6CC[C@]43[C@@H]65)C2)C1. The third-order valence-corrected chi connectivity index (χ3v) is 15.2. The molecule has 2 bridgehead atoms. The van der Waals surface area contributed by atoms with E-state index in [1.54, 1.807) is 7.11 Å². The normalized spacial score (nSPS) is 39.0. The molecule has 1 aliphatic carbocycles. The Morgan fingerprint density at radius 3 is 2.53 bits per heavy atom. The molecular formula is C43H55N5O7. The maximum Gasteiger partial charge on any atom is 0.322 e. The van der Waals surface area contributed by atoms with E-state index in [2.05, 4.69) is 26.9 Å². The van der Waals surface area contributed by atoms with Crippen molar-refractivity contribution >= 4 is 28.5 Å². The number of esters is 1. The van der Waals surface area contributed by atoms with Crippen LogP contribution >= 0.6 is 0 Å². The van der Waals surface area contributed by atoms with E-state index in [0.717, 1.165) is 46.5 Å². The first kappa shape index (κ1) is 36.7. The van der Waals surface area contributed by atoms with Crippen LogP contribution in [0.15, 0.2) is 48.6 Å². The summed E-state index contributed by atoms with van der Waals surface area (Å²) in [5.41, 5.74) is 4.72. The quantitative estimate of drug-likeness (QED) is 0.187. The van der Waals surface area contributed by atoms with Gasteiger partial charge in [-0.25, -0.2) is 0 Å². The zero-order valence-electron chi connectivity index (χ0n) is 32.6. The number of benzene rings is 2. The zero-order chi connectivity index (χ0) is 38.9. The van der Waals surface area contributed by atoms with Crippen LogP contribution in [0.5, 0.6) is 5.75 Å². The van der Waals surface area contributed by atoms with Crippen LogP contribution in [0.2, 0.25) is 0 Å². The van der Waals surface area contributed by atoms with Gasteiger partial charge in [0, 0.05) is 84.0 Å². The number of anilines is 1. The molecule has 0 radical (unpaired) electrons. The molecule has 12 nitrogen and oxygen atoms in total. The minimum Gasteiger partial charge on any atom is -0.496 e. The predicted molar refractivity (Wildman–Crippen MR) is 208 cm³/mol. The number of rotatable bonds is 6. The molecule has 294 valence electrons. The molecular weight excluding hydrogens is 699 g/mol. The summed E-state index contributed by atoms with van der Waals surface area (Å²) in [5.74, 6) is -1.00. The van der Waals surface area contributed by atoms with Gasteiger partial charge < -0.3 is 40.4 Å². The fraction of sp³-hybridized carbons (Fsp3) is 0.581. The first-order valence-electron chi connectivity index (χ1n) is 20.0. The van der Waals surface area contributed by atoms with Gasteiger partial charge in [0.2, 0.25) is 0 Å². The monoisotopic (exact) mass is 753 g/mol. The summed E-state index contributed by atoms with van der Waals surface area (Å²) >= 11 is 0. The number of aliphatic hydroxyl groups excluding tert-OH is 1. The number of amides is 1. The standard InChI is InChI=1S/C43H55N5O7/c1-6-39(52)21-25-22-42(38(51)55-5,33-27(13-17-47(23-25)24-39)26-11-8-9-12-30(26)45-33)29-19-28-31(20-32(29)54-4)46(3)35-41(28)15-18-48-16-10-14-40(7-2,34(41)48)36(49)43(35,53)37(44)50/h8-12,14,19-20,25,34-36,45,49,52-53H,6-7,13,15-18,21-24H2,1-5H3,(H2,44,50)/t25-,34+,35+,36-,39+,40-,41-,42-,43-/m1/s1. The number of ether oxygens (including phenoxy) is 2. The summed E-state index contributed by atoms with van der Waals surface area (Å²) in [6, 6.07) is 11.0. The van der Waals surface area contributed by atoms with E-state index in [9.17, 15) is 20.1 Å². The van der Waals surface area contributed by atoms with Gasteiger partial charge in [0.15, 0.2) is 5.60 Å². The van der Waals surface area contributed by atoms with Gasteiger partial charge in [-0.2, -0.15) is 0 Å². The van der Waals surface area contributed by atoms with E-state index in [1.807, 2.05) is 62.2 Å². The average molecular weight is 754 g/mol. The Morgan fingerprint density at radius 2 is 1.82 bits per heavy atom. The number of fused-ring (bicyclic) bond motifs is 6. The van der Waals surface area contributed by atoms with Crippen molar-refractivity contribution < 1.29 is 34.4 Å². The Morgan fingerprint density at radius 1 is 1.04 bits per heavy atom. The molecule has 1 unspecified atom stereocenters. The molecule has 1 saturated carbocycles. The molecule has 12 heteroatoms. The van der Waals surface area contributed by atoms with E-state index in [0.29, 0.717) is 69.5 Å². The third kappa shape index (κ3) is 4.51. The maximum atomic E-state index is 15.2. The Hall–Kier alpha value is -3.94. The van der Waals surface area contributed by atoms with Crippen LogP contribution in [0.1, 0.15) is 68.3 Å². The van der Waals surface area contributed by atoms with Crippen molar-refractivity contribution in [3.05, 3.63) is 70.9 Å². The smallest absolute Gasteiger partial charge is 0.322 e. The van der Waals surface area contributed by atoms with Crippen molar-refractivity contribution in [3.63, 3.8) is 0 Å². The number of methoxy groups -OCH3 is 2. The number of piperidine rings is 1. The summed E-state index contributed by atoms with van der Waals surface area (Å²) in [7, 11) is 4.89. The summed E-state index contributed by atoms with van der Waals surface area (Å²) in [5, 5.41) is 38.0. The number of H-pyrrole nitrogens is 1. The van der Waals surface area contributed by atoms with Gasteiger partial charge in [-0.3, -0.25) is 19.4 Å². The second kappa shape index (κ2) is 12.3. The summed E-state index contributed by atoms with van der Waals surface area (Å²) in [6.07, 6.45) is 5.78. The highest BCUT2D eigenvalue weighted by molar-refractivity contribution is 5.95. The van der Waals surface area contributed by atoms with Crippen LogP contribution in [0.3, 0.4) is 0 Å². The van der Waals surface area contributed by atoms with Crippen LogP contribution in [0, 0.1) is 11.3 Å². The number of carbonyl (C=O) groups is 2. The highest BCUT2D eigenvalue weighted by atomic mass is 16.5. The minimum absolute atomic E-state index is 0.0790. The number of likely N-dealkylation sites (N-methyl/N-ethyl adjacent to an activating group) is 1. The second-order valence-electron chi connectivity index (χ2n) is 17.5. The van der Waals surface area contributed by atoms with Crippen LogP contribution in [0.4, 0.5) is 5.69 Å². The summed E-state index contributed by atoms with van der Waals surface area (Å²) in [6.45, 7) is 7.39. The van der Waals surface area contributed by atoms with Gasteiger partial charge in [-0.15, -0.1) is 0 Å². The van der Waals surface area contributed by atoms with Crippen LogP contribution in [0.25, 0.3) is 10.9 Å². The number of para-hydroxylation sites is 1. The van der Waals surface area contributed by atoms with Crippen LogP contribution in [-0.4, -0.2) is 125 Å². The van der Waals surface area contributed by atoms with Crippen molar-refractivity contribution in [1.29, 1.82) is 0 Å². The minimum atomic E-state index is -2.30. The lowest BCUT2D eigenvalue weighted by atomic mass is 9.47. The molecule has 6 aliphatic rings. The number of hydrogen-bond acceptors (Lipinski definition) is 10. The molecule has 5 aliphatic heterocycles. The number of aromatic nitrogens is 1. The van der Waals surface area contributed by atoms with Gasteiger partial charge in [-0.1, -0.05) is 44.2 Å². The van der Waals surface area contributed by atoms with Crippen molar-refractivity contribution in [2.24, 2.45) is 17.1 Å². The van der Waals surface area contributed by atoms with E-state index in [4.69, 9.17) is 15.2 Å². The van der Waals surface area contributed by atoms with Gasteiger partial charge in [0.1, 0.15) is 17.3 Å². The van der Waals surface area contributed by atoms with Crippen molar-refractivity contribution in [1.82, 2.24) is 14.8 Å². The van der Waals surface area contributed by atoms with Crippen molar-refractivity contribution in [2.75, 3.05) is 58.9 Å². The van der Waals surface area contributed by atoms with Crippen LogP contribution in [-0.2, 0) is 31.6 Å². The number of aromatic amines is 1. The lowest BCUT2D eigenvalue weighted by Crippen LogP contribution is -2.81. The Labute approximate surface area is 322 Å². The molecule has 2 aromatic carbocycles. The third-order valence-electron chi connectivity index (χ3n) is 15.2. The first-order chi connectivity index (χ1) is 26.3. The number of nitrogens with one attached hydrogen (secondary N) is 1. The lowest BCUT2D eigenvalue weighted by molar-refractivity contribution is -0.201. The van der Waals surface area contributed by atoms with E-state index >= 15 is 4.79 Å². The fourth-order valence-electron chi connectivity index (χ4n) is 13.1. The molecule has 9 rings (SSSR count). The summed E-state index contributed by atoms with van der Waals surface area (Å²) < 4.78 is 12.2. The Bertz CT molecular complexity index is 2120. The van der Waals surface area contributed by atoms with E-state index < -0.39 is 51.5 Å². The fourth-order valence-corrected chi connectivity index (χ4v) is 13.1. The highest BCUT2D eigenvalue weighted by Crippen LogP contribution is 2.67.